The van der Waals surface area contributed by atoms with Crippen LogP contribution in [-0.2, 0) is 27.2 Å². The summed E-state index contributed by atoms with van der Waals surface area (Å²) in [6.45, 7) is 9.05. The van der Waals surface area contributed by atoms with Gasteiger partial charge in [0.2, 0.25) is 22.7 Å². The van der Waals surface area contributed by atoms with Gasteiger partial charge >= 0.3 is 0 Å². The number of aryl methyl sites for hydroxylation is 1. The number of anilines is 4. The van der Waals surface area contributed by atoms with Gasteiger partial charge in [0.05, 0.1) is 41.4 Å². The number of carbonyl (C=O) groups is 4. The van der Waals surface area contributed by atoms with Crippen LogP contribution in [0.25, 0.3) is 0 Å². The number of likely N-dealkylation sites (tertiary alicyclic amines) is 2. The smallest absolute Gasteiger partial charge is 0.264 e. The molecular weight excluding hydrogens is 885 g/mol. The maximum Gasteiger partial charge on any atom is 0.264 e. The number of benzene rings is 1. The van der Waals surface area contributed by atoms with Crippen molar-refractivity contribution < 1.29 is 28.8 Å². The highest BCUT2D eigenvalue weighted by molar-refractivity contribution is 7.91. The fourth-order valence-electron chi connectivity index (χ4n) is 12.1. The second-order valence-corrected chi connectivity index (χ2v) is 22.0. The van der Waals surface area contributed by atoms with E-state index >= 15 is 0 Å². The van der Waals surface area contributed by atoms with Crippen molar-refractivity contribution in [2.45, 2.75) is 124 Å². The molecule has 0 bridgehead atoms. The first kappa shape index (κ1) is 45.5. The number of carbonyl (C=O) groups excluding carboxylic acids is 4. The molecule has 4 N–H and O–H groups in total. The lowest BCUT2D eigenvalue weighted by Crippen LogP contribution is -2.54. The summed E-state index contributed by atoms with van der Waals surface area (Å²) < 4.78 is 12.9. The van der Waals surface area contributed by atoms with Crippen molar-refractivity contribution >= 4 is 57.9 Å². The number of rotatable bonds is 12. The van der Waals surface area contributed by atoms with Crippen molar-refractivity contribution in [1.82, 2.24) is 40.0 Å². The van der Waals surface area contributed by atoms with Crippen LogP contribution < -0.4 is 25.8 Å². The summed E-state index contributed by atoms with van der Waals surface area (Å²) in [5.74, 6) is 1.82. The van der Waals surface area contributed by atoms with Gasteiger partial charge in [0.15, 0.2) is 5.82 Å². The van der Waals surface area contributed by atoms with Gasteiger partial charge in [-0.15, -0.1) is 0 Å². The van der Waals surface area contributed by atoms with Crippen molar-refractivity contribution in [3.8, 4) is 0 Å². The Labute approximate surface area is 400 Å². The van der Waals surface area contributed by atoms with Crippen molar-refractivity contribution in [3.63, 3.8) is 0 Å². The van der Waals surface area contributed by atoms with E-state index in [1.807, 2.05) is 18.5 Å². The van der Waals surface area contributed by atoms with Crippen LogP contribution in [-0.4, -0.2) is 163 Å². The number of hydrogen-bond donors (Lipinski definition) is 4. The summed E-state index contributed by atoms with van der Waals surface area (Å²) in [4.78, 5) is 82.6. The first-order chi connectivity index (χ1) is 33.1. The van der Waals surface area contributed by atoms with Gasteiger partial charge in [-0.25, -0.2) is 15.0 Å². The van der Waals surface area contributed by atoms with Crippen LogP contribution in [0.3, 0.4) is 0 Å². The molecule has 7 aliphatic heterocycles. The predicted octanol–water partition coefficient (Wildman–Crippen LogP) is 3.30. The molecule has 362 valence electrons. The fraction of sp³-hybridized carbons (Fsp3) is 0.633. The maximum absolute atomic E-state index is 13.6. The molecule has 68 heavy (non-hydrogen) atoms. The Morgan fingerprint density at radius 1 is 0.824 bits per heavy atom. The summed E-state index contributed by atoms with van der Waals surface area (Å²) >= 11 is -1.12. The lowest BCUT2D eigenvalue weighted by Gasteiger charge is -2.43. The lowest BCUT2D eigenvalue weighted by molar-refractivity contribution is -0.136. The maximum atomic E-state index is 13.6. The van der Waals surface area contributed by atoms with Gasteiger partial charge in [-0.2, -0.15) is 4.98 Å². The van der Waals surface area contributed by atoms with E-state index < -0.39 is 34.9 Å². The molecule has 0 spiro atoms. The molecule has 3 aromatic rings. The van der Waals surface area contributed by atoms with E-state index in [0.29, 0.717) is 52.7 Å². The molecule has 1 saturated carbocycles. The van der Waals surface area contributed by atoms with Crippen molar-refractivity contribution in [1.29, 1.82) is 0 Å². The number of fused-ring (bicyclic) bond motifs is 2. The summed E-state index contributed by atoms with van der Waals surface area (Å²) in [5.41, 5.74) is 2.86. The molecule has 18 nitrogen and oxygen atoms in total. The van der Waals surface area contributed by atoms with Crippen LogP contribution in [0.15, 0.2) is 35.5 Å². The van der Waals surface area contributed by atoms with Crippen molar-refractivity contribution in [2.75, 3.05) is 91.7 Å². The second-order valence-electron chi connectivity index (χ2n) is 20.5. The van der Waals surface area contributed by atoms with E-state index in [2.05, 4.69) is 35.6 Å². The molecule has 6 fully saturated rings. The van der Waals surface area contributed by atoms with Gasteiger partial charge in [0.1, 0.15) is 23.3 Å². The quantitative estimate of drug-likeness (QED) is 0.151. The molecule has 1 aliphatic carbocycles. The fourth-order valence-corrected chi connectivity index (χ4v) is 13.4. The number of piperidine rings is 5. The van der Waals surface area contributed by atoms with Gasteiger partial charge in [-0.3, -0.25) is 29.4 Å². The standard InChI is InChI=1S/C49H64N12O6S/c62-30-49(16-2-17-49)56-44-42-38(15-26-68(42)67)53-48(55-44)60-22-9-32(10-23-60)43-50-27-35(28-51-43)59-20-7-31(8-21-59)29-57-18-13-34(14-19-57)58-24-11-33(12-25-58)52-37-4-1-3-36-41(37)47(66)61(46(36)65)39-5-6-40(63)54-45(39)64/h1,3-4,27-28,31-34,39,52,62H,2,5-26,29-30H2,(H,53,55,56)(H,54,63,64)/t39?,68-/m1/s1. The van der Waals surface area contributed by atoms with E-state index in [1.54, 1.807) is 12.1 Å². The van der Waals surface area contributed by atoms with Crippen molar-refractivity contribution in [3.05, 3.63) is 53.2 Å². The molecule has 4 amide bonds. The zero-order chi connectivity index (χ0) is 46.5. The summed E-state index contributed by atoms with van der Waals surface area (Å²) in [7, 11) is 0. The van der Waals surface area contributed by atoms with E-state index in [0.717, 1.165) is 131 Å². The number of nitrogens with one attached hydrogen (secondary N) is 3. The molecule has 1 aromatic carbocycles. The molecule has 5 saturated heterocycles. The molecule has 8 aliphatic rings. The van der Waals surface area contributed by atoms with Gasteiger partial charge in [-0.1, -0.05) is 6.07 Å². The Morgan fingerprint density at radius 3 is 2.25 bits per heavy atom. The second kappa shape index (κ2) is 19.1. The van der Waals surface area contributed by atoms with E-state index in [1.165, 1.54) is 25.7 Å². The summed E-state index contributed by atoms with van der Waals surface area (Å²) in [5, 5.41) is 19.5. The van der Waals surface area contributed by atoms with Crippen LogP contribution in [0.4, 0.5) is 23.1 Å². The highest BCUT2D eigenvalue weighted by atomic mass is 32.2. The molecular formula is C49H64N12O6S. The SMILES string of the molecule is O=C1CCC(N2C(=O)c3cccc(NC4CCN(C5CCN(CC6CCN(c7cnc(C8CCN(c9nc%10c(c(NC%11(CO)CCC%11)n9)[S@+]([O-])CC%10)CC8)nc7)CC6)CC5)CC4)c3C2=O)C(=O)N1. The Morgan fingerprint density at radius 2 is 1.56 bits per heavy atom. The van der Waals surface area contributed by atoms with E-state index in [9.17, 15) is 28.8 Å². The number of aliphatic hydroxyl groups is 1. The molecule has 19 heteroatoms. The molecule has 11 rings (SSSR count). The number of imide groups is 2. The number of nitrogens with zero attached hydrogens (tertiary/aromatic N) is 9. The molecule has 1 unspecified atom stereocenters. The first-order valence-corrected chi connectivity index (χ1v) is 26.5. The largest absolute Gasteiger partial charge is 0.611 e. The number of aliphatic hydroxyl groups excluding tert-OH is 1. The third-order valence-electron chi connectivity index (χ3n) is 16.4. The third kappa shape index (κ3) is 8.93. The monoisotopic (exact) mass is 948 g/mol. The van der Waals surface area contributed by atoms with Gasteiger partial charge < -0.3 is 39.9 Å². The average molecular weight is 949 g/mol. The molecule has 0 radical (unpaired) electrons. The third-order valence-corrected chi connectivity index (χ3v) is 17.9. The highest BCUT2D eigenvalue weighted by Gasteiger charge is 2.46. The molecule has 2 atom stereocenters. The Balaban J connectivity index is 0.603. The van der Waals surface area contributed by atoms with Crippen LogP contribution in [0.1, 0.15) is 122 Å². The zero-order valence-electron chi connectivity index (χ0n) is 38.9. The van der Waals surface area contributed by atoms with Gasteiger partial charge in [0, 0.05) is 82.3 Å². The number of aromatic nitrogens is 4. The van der Waals surface area contributed by atoms with Crippen molar-refractivity contribution in [2.24, 2.45) is 5.92 Å². The Bertz CT molecular complexity index is 2390. The van der Waals surface area contributed by atoms with Crippen LogP contribution in [0, 0.1) is 5.92 Å². The lowest BCUT2D eigenvalue weighted by atomic mass is 9.77. The average Bonchev–Trinajstić information content (AvgIpc) is 3.86. The topological polar surface area (TPSA) is 215 Å². The summed E-state index contributed by atoms with van der Waals surface area (Å²) in [6, 6.07) is 5.05. The summed E-state index contributed by atoms with van der Waals surface area (Å²) in [6.07, 6.45) is 16.2. The minimum atomic E-state index is -1.12. The van der Waals surface area contributed by atoms with E-state index in [4.69, 9.17) is 19.9 Å². The normalized spacial score (nSPS) is 25.6. The minimum Gasteiger partial charge on any atom is -0.611 e. The van der Waals surface area contributed by atoms with Crippen LogP contribution in [0.2, 0.25) is 0 Å². The number of hydrogen-bond acceptors (Lipinski definition) is 16. The molecule has 9 heterocycles. The predicted molar refractivity (Wildman–Crippen MR) is 256 cm³/mol. The minimum absolute atomic E-state index is 0.0400. The van der Waals surface area contributed by atoms with Gasteiger partial charge in [0.25, 0.3) is 11.8 Å². The first-order valence-electron chi connectivity index (χ1n) is 25.2. The Hall–Kier alpha value is -4.95. The zero-order valence-corrected chi connectivity index (χ0v) is 39.7. The number of amides is 4. The van der Waals surface area contributed by atoms with Crippen LogP contribution >= 0.6 is 0 Å². The highest BCUT2D eigenvalue weighted by Crippen LogP contribution is 2.40. The van der Waals surface area contributed by atoms with E-state index in [-0.39, 0.29) is 42.9 Å². The molecule has 2 aromatic heterocycles. The van der Waals surface area contributed by atoms with Crippen LogP contribution in [0.5, 0.6) is 0 Å². The van der Waals surface area contributed by atoms with Gasteiger partial charge in [-0.05, 0) is 119 Å². The Kier molecular flexibility index (Phi) is 12.8.